The van der Waals surface area contributed by atoms with Crippen LogP contribution in [0.25, 0.3) is 0 Å². The minimum absolute atomic E-state index is 0.00641. The van der Waals surface area contributed by atoms with Gasteiger partial charge in [0.1, 0.15) is 0 Å². The Hall–Kier alpha value is -1.88. The summed E-state index contributed by atoms with van der Waals surface area (Å²) in [5, 5.41) is 0. The third kappa shape index (κ3) is 4.79. The van der Waals surface area contributed by atoms with Crippen molar-refractivity contribution in [3.63, 3.8) is 0 Å². The zero-order valence-corrected chi connectivity index (χ0v) is 14.7. The summed E-state index contributed by atoms with van der Waals surface area (Å²) in [6.07, 6.45) is 3.36. The predicted octanol–water partition coefficient (Wildman–Crippen LogP) is 2.81. The number of nitrogens with one attached hydrogen (secondary N) is 1. The quantitative estimate of drug-likeness (QED) is 0.439. The average Bonchev–Trinajstić information content (AvgIpc) is 2.54. The Kier molecular flexibility index (Phi) is 7.75. The number of carbonyl (C=O) groups is 2. The van der Waals surface area contributed by atoms with Gasteiger partial charge in [0, 0.05) is 24.2 Å². The molecule has 1 aromatic rings. The number of hydrogen-bond donors (Lipinski definition) is 2. The molecule has 2 amide bonds. The summed E-state index contributed by atoms with van der Waals surface area (Å²) in [4.78, 5) is 27.0. The standard InChI is InChI=1S/C18H29N3O2/c1-5-8-14-15(17(22)20-19)11-13(4)12-16(14)18(23)21(9-6-2)10-7-3/h11-12H,5-10,19H2,1-4H3,(H,20,22). The first-order valence-corrected chi connectivity index (χ1v) is 8.43. The lowest BCUT2D eigenvalue weighted by atomic mass is 9.93. The van der Waals surface area contributed by atoms with Crippen LogP contribution in [0.15, 0.2) is 12.1 Å². The number of nitrogens with two attached hydrogens (primary N) is 1. The summed E-state index contributed by atoms with van der Waals surface area (Å²) >= 11 is 0. The molecule has 23 heavy (non-hydrogen) atoms. The highest BCUT2D eigenvalue weighted by Crippen LogP contribution is 2.22. The van der Waals surface area contributed by atoms with Crippen molar-refractivity contribution >= 4 is 11.8 Å². The number of carbonyl (C=O) groups excluding carboxylic acids is 2. The third-order valence-corrected chi connectivity index (χ3v) is 3.77. The molecule has 0 heterocycles. The van der Waals surface area contributed by atoms with E-state index < -0.39 is 0 Å². The highest BCUT2D eigenvalue weighted by molar-refractivity contribution is 6.02. The normalized spacial score (nSPS) is 10.5. The second-order valence-corrected chi connectivity index (χ2v) is 5.85. The maximum atomic E-state index is 13.0. The van der Waals surface area contributed by atoms with E-state index in [9.17, 15) is 9.59 Å². The summed E-state index contributed by atoms with van der Waals surface area (Å²) in [5.74, 6) is 4.97. The minimum atomic E-state index is -0.344. The Morgan fingerprint density at radius 2 is 1.61 bits per heavy atom. The van der Waals surface area contributed by atoms with Gasteiger partial charge in [0.2, 0.25) is 0 Å². The molecule has 1 aromatic carbocycles. The van der Waals surface area contributed by atoms with Crippen molar-refractivity contribution in [2.24, 2.45) is 5.84 Å². The van der Waals surface area contributed by atoms with Crippen LogP contribution in [-0.2, 0) is 6.42 Å². The average molecular weight is 319 g/mol. The molecule has 0 radical (unpaired) electrons. The Morgan fingerprint density at radius 3 is 2.09 bits per heavy atom. The van der Waals surface area contributed by atoms with Crippen LogP contribution in [0.1, 0.15) is 71.9 Å². The Labute approximate surface area is 139 Å². The number of hydrazine groups is 1. The van der Waals surface area contributed by atoms with Crippen LogP contribution >= 0.6 is 0 Å². The number of amides is 2. The van der Waals surface area contributed by atoms with Crippen LogP contribution in [0.2, 0.25) is 0 Å². The fourth-order valence-corrected chi connectivity index (χ4v) is 2.83. The van der Waals surface area contributed by atoms with E-state index in [2.05, 4.69) is 19.3 Å². The monoisotopic (exact) mass is 319 g/mol. The topological polar surface area (TPSA) is 75.4 Å². The number of aryl methyl sites for hydroxylation is 1. The molecule has 0 fully saturated rings. The van der Waals surface area contributed by atoms with Gasteiger partial charge in [-0.25, -0.2) is 5.84 Å². The van der Waals surface area contributed by atoms with Crippen molar-refractivity contribution in [2.75, 3.05) is 13.1 Å². The van der Waals surface area contributed by atoms with Crippen LogP contribution in [0, 0.1) is 6.92 Å². The zero-order chi connectivity index (χ0) is 17.4. The first-order valence-electron chi connectivity index (χ1n) is 8.43. The molecule has 0 saturated carbocycles. The van der Waals surface area contributed by atoms with Crippen molar-refractivity contribution in [3.8, 4) is 0 Å². The number of hydrogen-bond acceptors (Lipinski definition) is 3. The lowest BCUT2D eigenvalue weighted by molar-refractivity contribution is 0.0754. The third-order valence-electron chi connectivity index (χ3n) is 3.77. The summed E-state index contributed by atoms with van der Waals surface area (Å²) in [6, 6.07) is 3.69. The van der Waals surface area contributed by atoms with Crippen LogP contribution in [0.3, 0.4) is 0 Å². The summed E-state index contributed by atoms with van der Waals surface area (Å²) in [6.45, 7) is 9.51. The van der Waals surface area contributed by atoms with Gasteiger partial charge in [0.05, 0.1) is 0 Å². The van der Waals surface area contributed by atoms with Gasteiger partial charge in [-0.1, -0.05) is 27.2 Å². The van der Waals surface area contributed by atoms with Crippen LogP contribution in [0.5, 0.6) is 0 Å². The van der Waals surface area contributed by atoms with Crippen LogP contribution in [0.4, 0.5) is 0 Å². The van der Waals surface area contributed by atoms with E-state index in [1.165, 1.54) is 0 Å². The SMILES string of the molecule is CCCc1c(C(=O)NN)cc(C)cc1C(=O)N(CCC)CCC. The van der Waals surface area contributed by atoms with E-state index >= 15 is 0 Å². The van der Waals surface area contributed by atoms with E-state index in [-0.39, 0.29) is 11.8 Å². The Bertz CT molecular complexity index is 549. The number of nitrogens with zero attached hydrogens (tertiary/aromatic N) is 1. The molecule has 0 saturated heterocycles. The zero-order valence-electron chi connectivity index (χ0n) is 14.7. The van der Waals surface area contributed by atoms with Gasteiger partial charge < -0.3 is 4.90 Å². The first-order chi connectivity index (χ1) is 11.0. The van der Waals surface area contributed by atoms with Gasteiger partial charge in [-0.3, -0.25) is 15.0 Å². The molecule has 0 aromatic heterocycles. The minimum Gasteiger partial charge on any atom is -0.339 e. The van der Waals surface area contributed by atoms with Gasteiger partial charge in [0.15, 0.2) is 0 Å². The molecular weight excluding hydrogens is 290 g/mol. The van der Waals surface area contributed by atoms with Crippen molar-refractivity contribution in [1.82, 2.24) is 10.3 Å². The Morgan fingerprint density at radius 1 is 1.04 bits per heavy atom. The van der Waals surface area contributed by atoms with Gasteiger partial charge >= 0.3 is 0 Å². The first kappa shape index (κ1) is 19.2. The highest BCUT2D eigenvalue weighted by atomic mass is 16.2. The molecule has 0 aliphatic rings. The summed E-state index contributed by atoms with van der Waals surface area (Å²) < 4.78 is 0. The van der Waals surface area contributed by atoms with Crippen molar-refractivity contribution in [3.05, 3.63) is 34.4 Å². The maximum absolute atomic E-state index is 13.0. The van der Waals surface area contributed by atoms with Crippen LogP contribution in [-0.4, -0.2) is 29.8 Å². The molecule has 5 nitrogen and oxygen atoms in total. The molecule has 0 bridgehead atoms. The van der Waals surface area contributed by atoms with E-state index in [4.69, 9.17) is 5.84 Å². The van der Waals surface area contributed by atoms with Crippen LogP contribution < -0.4 is 11.3 Å². The fourth-order valence-electron chi connectivity index (χ4n) is 2.83. The fraction of sp³-hybridized carbons (Fsp3) is 0.556. The smallest absolute Gasteiger partial charge is 0.265 e. The lowest BCUT2D eigenvalue weighted by Crippen LogP contribution is -2.35. The molecule has 0 atom stereocenters. The van der Waals surface area contributed by atoms with Crippen molar-refractivity contribution in [1.29, 1.82) is 0 Å². The molecule has 3 N–H and O–H groups in total. The predicted molar refractivity (Wildman–Crippen MR) is 93.3 cm³/mol. The molecule has 0 unspecified atom stereocenters. The number of rotatable bonds is 8. The van der Waals surface area contributed by atoms with Gasteiger partial charge in [-0.05, 0) is 49.4 Å². The second-order valence-electron chi connectivity index (χ2n) is 5.85. The van der Waals surface area contributed by atoms with Crippen molar-refractivity contribution < 1.29 is 9.59 Å². The lowest BCUT2D eigenvalue weighted by Gasteiger charge is -2.24. The largest absolute Gasteiger partial charge is 0.339 e. The molecule has 128 valence electrons. The molecule has 0 aliphatic heterocycles. The highest BCUT2D eigenvalue weighted by Gasteiger charge is 2.22. The van der Waals surface area contributed by atoms with Crippen molar-refractivity contribution in [2.45, 2.75) is 53.4 Å². The van der Waals surface area contributed by atoms with Gasteiger partial charge in [-0.15, -0.1) is 0 Å². The van der Waals surface area contributed by atoms with E-state index in [1.807, 2.05) is 24.8 Å². The van der Waals surface area contributed by atoms with Gasteiger partial charge in [0.25, 0.3) is 11.8 Å². The number of benzene rings is 1. The molecule has 5 heteroatoms. The van der Waals surface area contributed by atoms with Gasteiger partial charge in [-0.2, -0.15) is 0 Å². The molecule has 0 spiro atoms. The van der Waals surface area contributed by atoms with E-state index in [0.717, 1.165) is 43.5 Å². The summed E-state index contributed by atoms with van der Waals surface area (Å²) in [5.41, 5.74) is 5.01. The maximum Gasteiger partial charge on any atom is 0.265 e. The molecule has 0 aliphatic carbocycles. The molecule has 1 rings (SSSR count). The van der Waals surface area contributed by atoms with E-state index in [0.29, 0.717) is 17.5 Å². The number of nitrogen functional groups attached to an aromatic ring is 1. The Balaban J connectivity index is 3.39. The summed E-state index contributed by atoms with van der Waals surface area (Å²) in [7, 11) is 0. The molecular formula is C18H29N3O2. The second kappa shape index (κ2) is 9.30. The van der Waals surface area contributed by atoms with E-state index in [1.54, 1.807) is 6.07 Å².